The second-order valence-electron chi connectivity index (χ2n) is 6.95. The Balaban J connectivity index is 1.47. The number of hydrogen-bond donors (Lipinski definition) is 1. The Morgan fingerprint density at radius 2 is 2.21 bits per heavy atom. The lowest BCUT2D eigenvalue weighted by Crippen LogP contribution is -2.38. The molecule has 0 radical (unpaired) electrons. The molecule has 8 heteroatoms. The summed E-state index contributed by atoms with van der Waals surface area (Å²) in [6.07, 6.45) is 12.2. The highest BCUT2D eigenvalue weighted by molar-refractivity contribution is 7.13. The van der Waals surface area contributed by atoms with Crippen LogP contribution in [-0.4, -0.2) is 43.8 Å². The molecule has 0 aromatic carbocycles. The van der Waals surface area contributed by atoms with Crippen molar-refractivity contribution in [3.8, 4) is 0 Å². The number of likely N-dealkylation sites (tertiary alicyclic amines) is 1. The number of carbonyl (C=O) groups excluding carboxylic acids is 1. The smallest absolute Gasteiger partial charge is 0.246 e. The molecule has 3 aromatic rings. The van der Waals surface area contributed by atoms with Gasteiger partial charge in [-0.25, -0.2) is 9.97 Å². The summed E-state index contributed by atoms with van der Waals surface area (Å²) >= 11 is 1.54. The number of anilines is 2. The highest BCUT2D eigenvalue weighted by Gasteiger charge is 2.27. The van der Waals surface area contributed by atoms with Gasteiger partial charge in [-0.05, 0) is 37.5 Å². The molecule has 4 rings (SSSR count). The molecule has 4 heterocycles. The van der Waals surface area contributed by atoms with Gasteiger partial charge in [-0.1, -0.05) is 6.07 Å². The first kappa shape index (κ1) is 19.2. The molecule has 3 aromatic heterocycles. The largest absolute Gasteiger partial charge is 0.338 e. The Bertz CT molecular complexity index is 1000. The summed E-state index contributed by atoms with van der Waals surface area (Å²) < 4.78 is 0. The molecule has 0 spiro atoms. The topological polar surface area (TPSA) is 83.9 Å². The molecule has 0 aliphatic carbocycles. The van der Waals surface area contributed by atoms with Crippen LogP contribution in [0.25, 0.3) is 6.08 Å². The minimum Gasteiger partial charge on any atom is -0.338 e. The summed E-state index contributed by atoms with van der Waals surface area (Å²) in [7, 11) is 0. The number of thiazole rings is 1. The number of nitrogens with zero attached hydrogens (tertiary/aromatic N) is 5. The van der Waals surface area contributed by atoms with Crippen molar-refractivity contribution < 1.29 is 4.79 Å². The third-order valence-corrected chi connectivity index (χ3v) is 5.67. The molecule has 7 nitrogen and oxygen atoms in total. The van der Waals surface area contributed by atoms with Gasteiger partial charge < -0.3 is 10.2 Å². The van der Waals surface area contributed by atoms with Crippen LogP contribution in [-0.2, 0) is 4.79 Å². The zero-order valence-corrected chi connectivity index (χ0v) is 17.0. The van der Waals surface area contributed by atoms with Crippen molar-refractivity contribution in [2.75, 3.05) is 18.4 Å². The minimum absolute atomic E-state index is 0.00695. The van der Waals surface area contributed by atoms with Crippen LogP contribution < -0.4 is 5.32 Å². The number of hydrogen-bond acceptors (Lipinski definition) is 7. The van der Waals surface area contributed by atoms with Gasteiger partial charge in [0.15, 0.2) is 10.9 Å². The van der Waals surface area contributed by atoms with E-state index in [0.717, 1.165) is 41.5 Å². The predicted molar refractivity (Wildman–Crippen MR) is 114 cm³/mol. The summed E-state index contributed by atoms with van der Waals surface area (Å²) in [5.74, 6) is 0.858. The van der Waals surface area contributed by atoms with Gasteiger partial charge in [0, 0.05) is 55.3 Å². The standard InChI is InChI=1S/C21H22N6OS/c1-15-14-29-21(25-15)26-20-19(23-9-10-24-20)17-5-3-11-27(13-17)18(28)7-6-16-4-2-8-22-12-16/h2,4,6-10,12,14,17H,3,5,11,13H2,1H3,(H,24,25,26)/b7-6+/t17-/m0/s1. The zero-order valence-electron chi connectivity index (χ0n) is 16.2. The summed E-state index contributed by atoms with van der Waals surface area (Å²) in [5, 5.41) is 6.08. The average molecular weight is 407 g/mol. The number of aryl methyl sites for hydroxylation is 1. The first-order valence-electron chi connectivity index (χ1n) is 9.56. The molecule has 148 valence electrons. The number of nitrogens with one attached hydrogen (secondary N) is 1. The molecule has 1 aliphatic rings. The lowest BCUT2D eigenvalue weighted by atomic mass is 9.94. The Labute approximate surface area is 173 Å². The molecule has 0 saturated carbocycles. The number of aromatic nitrogens is 4. The number of amides is 1. The van der Waals surface area contributed by atoms with Crippen molar-refractivity contribution >= 4 is 34.3 Å². The second-order valence-corrected chi connectivity index (χ2v) is 7.81. The van der Waals surface area contributed by atoms with Crippen LogP contribution in [0.4, 0.5) is 10.9 Å². The number of piperidine rings is 1. The quantitative estimate of drug-likeness (QED) is 0.649. The highest BCUT2D eigenvalue weighted by atomic mass is 32.1. The lowest BCUT2D eigenvalue weighted by molar-refractivity contribution is -0.127. The summed E-state index contributed by atoms with van der Waals surface area (Å²) in [5.41, 5.74) is 2.76. The number of rotatable bonds is 5. The molecular formula is C21H22N6OS. The molecular weight excluding hydrogens is 384 g/mol. The Hall–Kier alpha value is -3.13. The van der Waals surface area contributed by atoms with Gasteiger partial charge in [0.2, 0.25) is 5.91 Å². The Morgan fingerprint density at radius 3 is 3.00 bits per heavy atom. The third-order valence-electron chi connectivity index (χ3n) is 4.79. The lowest BCUT2D eigenvalue weighted by Gasteiger charge is -2.32. The van der Waals surface area contributed by atoms with Crippen LogP contribution in [0.1, 0.15) is 35.7 Å². The van der Waals surface area contributed by atoms with Crippen molar-refractivity contribution in [2.45, 2.75) is 25.7 Å². The van der Waals surface area contributed by atoms with Crippen LogP contribution in [0, 0.1) is 6.92 Å². The molecule has 1 atom stereocenters. The van der Waals surface area contributed by atoms with Crippen LogP contribution >= 0.6 is 11.3 Å². The van der Waals surface area contributed by atoms with Gasteiger partial charge >= 0.3 is 0 Å². The van der Waals surface area contributed by atoms with Crippen molar-refractivity contribution in [1.82, 2.24) is 24.8 Å². The van der Waals surface area contributed by atoms with E-state index in [-0.39, 0.29) is 11.8 Å². The van der Waals surface area contributed by atoms with Gasteiger partial charge in [0.05, 0.1) is 11.4 Å². The zero-order chi connectivity index (χ0) is 20.1. The second kappa shape index (κ2) is 8.91. The molecule has 1 N–H and O–H groups in total. The predicted octanol–water partition coefficient (Wildman–Crippen LogP) is 3.80. The van der Waals surface area contributed by atoms with Gasteiger partial charge in [-0.3, -0.25) is 14.8 Å². The van der Waals surface area contributed by atoms with Crippen molar-refractivity contribution in [2.24, 2.45) is 0 Å². The fraction of sp³-hybridized carbons (Fsp3) is 0.286. The van der Waals surface area contributed by atoms with E-state index in [9.17, 15) is 4.79 Å². The molecule has 1 amide bonds. The van der Waals surface area contributed by atoms with Crippen LogP contribution in [0.3, 0.4) is 0 Å². The highest BCUT2D eigenvalue weighted by Crippen LogP contribution is 2.31. The van der Waals surface area contributed by atoms with E-state index in [0.29, 0.717) is 12.4 Å². The first-order chi connectivity index (χ1) is 14.2. The fourth-order valence-corrected chi connectivity index (χ4v) is 4.09. The van der Waals surface area contributed by atoms with Gasteiger partial charge in [-0.15, -0.1) is 11.3 Å². The Morgan fingerprint density at radius 1 is 1.31 bits per heavy atom. The first-order valence-corrected chi connectivity index (χ1v) is 10.4. The van der Waals surface area contributed by atoms with E-state index < -0.39 is 0 Å². The molecule has 0 bridgehead atoms. The maximum atomic E-state index is 12.7. The van der Waals surface area contributed by atoms with Gasteiger partial charge in [0.1, 0.15) is 0 Å². The summed E-state index contributed by atoms with van der Waals surface area (Å²) in [4.78, 5) is 32.1. The monoisotopic (exact) mass is 406 g/mol. The summed E-state index contributed by atoms with van der Waals surface area (Å²) in [6.45, 7) is 3.34. The van der Waals surface area contributed by atoms with Crippen molar-refractivity contribution in [1.29, 1.82) is 0 Å². The van der Waals surface area contributed by atoms with Crippen LogP contribution in [0.5, 0.6) is 0 Å². The number of carbonyl (C=O) groups is 1. The molecule has 29 heavy (non-hydrogen) atoms. The van der Waals surface area contributed by atoms with Crippen LogP contribution in [0.15, 0.2) is 48.4 Å². The minimum atomic E-state index is 0.00695. The van der Waals surface area contributed by atoms with Crippen molar-refractivity contribution in [3.63, 3.8) is 0 Å². The van der Waals surface area contributed by atoms with Gasteiger partial charge in [0.25, 0.3) is 0 Å². The van der Waals surface area contributed by atoms with E-state index >= 15 is 0 Å². The van der Waals surface area contributed by atoms with E-state index in [1.54, 1.807) is 48.3 Å². The molecule has 1 fully saturated rings. The summed E-state index contributed by atoms with van der Waals surface area (Å²) in [6, 6.07) is 3.78. The Kier molecular flexibility index (Phi) is 5.90. The molecule has 0 unspecified atom stereocenters. The molecule has 1 aliphatic heterocycles. The molecule has 1 saturated heterocycles. The average Bonchev–Trinajstić information content (AvgIpc) is 3.18. The fourth-order valence-electron chi connectivity index (χ4n) is 3.40. The number of pyridine rings is 1. The van der Waals surface area contributed by atoms with E-state index in [4.69, 9.17) is 0 Å². The maximum absolute atomic E-state index is 12.7. The van der Waals surface area contributed by atoms with E-state index in [1.807, 2.05) is 29.3 Å². The van der Waals surface area contributed by atoms with Crippen LogP contribution in [0.2, 0.25) is 0 Å². The maximum Gasteiger partial charge on any atom is 0.246 e. The van der Waals surface area contributed by atoms with Crippen molar-refractivity contribution in [3.05, 3.63) is 65.3 Å². The van der Waals surface area contributed by atoms with E-state index in [2.05, 4.69) is 25.3 Å². The van der Waals surface area contributed by atoms with Gasteiger partial charge in [-0.2, -0.15) is 0 Å². The van der Waals surface area contributed by atoms with E-state index in [1.165, 1.54) is 0 Å². The SMILES string of the molecule is Cc1csc(Nc2nccnc2[C@H]2CCCN(C(=O)/C=C/c3cccnc3)C2)n1. The normalized spacial score (nSPS) is 16.9. The third kappa shape index (κ3) is 4.83.